The average Bonchev–Trinajstić information content (AvgIpc) is 3.25. The van der Waals surface area contributed by atoms with Crippen molar-refractivity contribution in [3.8, 4) is 0 Å². The Labute approximate surface area is 240 Å². The van der Waals surface area contributed by atoms with Crippen LogP contribution in [0.3, 0.4) is 0 Å². The number of halogens is 6. The van der Waals surface area contributed by atoms with Gasteiger partial charge in [0.05, 0.1) is 23.8 Å². The number of nitrogens with zero attached hydrogens (tertiary/aromatic N) is 3. The van der Waals surface area contributed by atoms with Crippen LogP contribution in [0, 0.1) is 5.82 Å². The number of piperidine rings is 1. The van der Waals surface area contributed by atoms with E-state index in [0.717, 1.165) is 0 Å². The standard InChI is InChI=1S/C26H24Cl2F4N4O5/c27-19-13-21-23(37)33-14-16(35(21)22(19)28)11-15-1-2-20(29)18(12-15)24(38)34-5-3-17(4-6-34)36(7-9-40-10-8-36)41-25(39)26(30,31)32/h1-2,12-14,17H,3-11H2/p+1. The summed E-state index contributed by atoms with van der Waals surface area (Å²) >= 11 is 12.4. The van der Waals surface area contributed by atoms with Gasteiger partial charge in [0, 0.05) is 44.2 Å². The molecule has 0 radical (unpaired) electrons. The van der Waals surface area contributed by atoms with Crippen LogP contribution in [0.4, 0.5) is 17.6 Å². The number of alkyl halides is 3. The molecule has 4 heterocycles. The number of benzene rings is 1. The van der Waals surface area contributed by atoms with Crippen molar-refractivity contribution in [2.75, 3.05) is 39.4 Å². The molecule has 220 valence electrons. The Balaban J connectivity index is 1.32. The highest BCUT2D eigenvalue weighted by Gasteiger charge is 2.52. The third-order valence-corrected chi connectivity index (χ3v) is 8.33. The zero-order valence-electron chi connectivity index (χ0n) is 21.5. The van der Waals surface area contributed by atoms with Crippen molar-refractivity contribution >= 4 is 40.6 Å². The quantitative estimate of drug-likeness (QED) is 0.342. The lowest BCUT2D eigenvalue weighted by Gasteiger charge is -2.45. The van der Waals surface area contributed by atoms with Crippen LogP contribution in [0.15, 0.2) is 35.3 Å². The summed E-state index contributed by atoms with van der Waals surface area (Å²) in [5.41, 5.74) is 0.790. The second kappa shape index (κ2) is 11.3. The predicted octanol–water partition coefficient (Wildman–Crippen LogP) is 4.14. The number of hydrogen-bond donors (Lipinski definition) is 1. The number of hydrogen-bond acceptors (Lipinski definition) is 5. The molecule has 0 saturated carbocycles. The fraction of sp³-hybridized carbons (Fsp3) is 0.423. The SMILES string of the molecule is O=C(c1cc(Cc2c[nH]c(=O)c3cc(Cl)c(Cl)n23)ccc1F)N1CCC([N+]2(OC(=O)C(F)(F)F)CCOCC2)CC1. The minimum absolute atomic E-state index is 0.0613. The first-order chi connectivity index (χ1) is 19.4. The lowest BCUT2D eigenvalue weighted by Crippen LogP contribution is -2.64. The van der Waals surface area contributed by atoms with Gasteiger partial charge in [-0.1, -0.05) is 29.3 Å². The van der Waals surface area contributed by atoms with Crippen molar-refractivity contribution in [2.45, 2.75) is 31.5 Å². The van der Waals surface area contributed by atoms with Crippen LogP contribution in [0.2, 0.25) is 10.2 Å². The van der Waals surface area contributed by atoms with Gasteiger partial charge in [0.25, 0.3) is 11.5 Å². The van der Waals surface area contributed by atoms with Crippen LogP contribution in [-0.4, -0.2) is 82.4 Å². The molecule has 0 bridgehead atoms. The first kappa shape index (κ1) is 29.4. The number of likely N-dealkylation sites (tertiary alicyclic amines) is 1. The number of morpholine rings is 1. The van der Waals surface area contributed by atoms with Gasteiger partial charge in [-0.25, -0.2) is 9.18 Å². The van der Waals surface area contributed by atoms with Gasteiger partial charge >= 0.3 is 12.1 Å². The summed E-state index contributed by atoms with van der Waals surface area (Å²) in [6.07, 6.45) is -2.99. The minimum atomic E-state index is -5.14. The Hall–Kier alpha value is -3.13. The molecule has 1 amide bonds. The molecule has 41 heavy (non-hydrogen) atoms. The van der Waals surface area contributed by atoms with Crippen LogP contribution < -0.4 is 5.56 Å². The van der Waals surface area contributed by atoms with Crippen LogP contribution in [0.1, 0.15) is 34.5 Å². The summed E-state index contributed by atoms with van der Waals surface area (Å²) < 4.78 is 60.0. The van der Waals surface area contributed by atoms with Gasteiger partial charge in [0.15, 0.2) is 0 Å². The van der Waals surface area contributed by atoms with Crippen LogP contribution >= 0.6 is 23.2 Å². The van der Waals surface area contributed by atoms with Gasteiger partial charge in [-0.3, -0.25) is 18.8 Å². The smallest absolute Gasteiger partial charge is 0.369 e. The molecular formula is C26H25Cl2F4N4O5+. The zero-order chi connectivity index (χ0) is 29.5. The van der Waals surface area contributed by atoms with Gasteiger partial charge in [-0.05, 0) is 23.8 Å². The number of rotatable bonds is 5. The molecule has 0 spiro atoms. The Morgan fingerprint density at radius 3 is 2.46 bits per heavy atom. The number of nitrogens with one attached hydrogen (secondary N) is 1. The van der Waals surface area contributed by atoms with E-state index >= 15 is 0 Å². The Morgan fingerprint density at radius 2 is 1.80 bits per heavy atom. The fourth-order valence-corrected chi connectivity index (χ4v) is 5.93. The first-order valence-electron chi connectivity index (χ1n) is 12.8. The van der Waals surface area contributed by atoms with E-state index in [-0.39, 0.29) is 79.9 Å². The summed E-state index contributed by atoms with van der Waals surface area (Å²) in [5.74, 6) is -3.57. The molecule has 0 atom stereocenters. The van der Waals surface area contributed by atoms with Crippen LogP contribution in [-0.2, 0) is 20.8 Å². The first-order valence-corrected chi connectivity index (χ1v) is 13.6. The van der Waals surface area contributed by atoms with E-state index in [9.17, 15) is 31.9 Å². The Morgan fingerprint density at radius 1 is 1.12 bits per heavy atom. The van der Waals surface area contributed by atoms with Crippen LogP contribution in [0.25, 0.3) is 5.52 Å². The molecule has 1 N–H and O–H groups in total. The normalized spacial score (nSPS) is 18.0. The van der Waals surface area contributed by atoms with E-state index in [4.69, 9.17) is 32.8 Å². The summed E-state index contributed by atoms with van der Waals surface area (Å²) in [6.45, 7) is 0.650. The Kier molecular flexibility index (Phi) is 8.07. The number of ether oxygens (including phenoxy) is 1. The topological polar surface area (TPSA) is 93.1 Å². The summed E-state index contributed by atoms with van der Waals surface area (Å²) in [5, 5.41) is 0.336. The number of aromatic nitrogens is 2. The number of carbonyl (C=O) groups is 2. The van der Waals surface area contributed by atoms with Gasteiger partial charge in [-0.15, -0.1) is 4.65 Å². The highest BCUT2D eigenvalue weighted by Crippen LogP contribution is 2.31. The highest BCUT2D eigenvalue weighted by molar-refractivity contribution is 6.42. The number of hydroxylamine groups is 3. The monoisotopic (exact) mass is 619 g/mol. The number of fused-ring (bicyclic) bond motifs is 1. The van der Waals surface area contributed by atoms with E-state index in [2.05, 4.69) is 4.98 Å². The van der Waals surface area contributed by atoms with E-state index in [0.29, 0.717) is 11.3 Å². The number of amides is 1. The molecule has 5 rings (SSSR count). The molecule has 0 aliphatic carbocycles. The number of carbonyl (C=O) groups excluding carboxylic acids is 2. The number of aromatic amines is 1. The van der Waals surface area contributed by atoms with Gasteiger partial charge in [-0.2, -0.15) is 13.2 Å². The molecule has 3 aromatic rings. The summed E-state index contributed by atoms with van der Waals surface area (Å²) in [6, 6.07) is 5.05. The van der Waals surface area contributed by atoms with Crippen molar-refractivity contribution in [3.05, 3.63) is 73.6 Å². The number of quaternary nitrogens is 1. The largest absolute Gasteiger partial charge is 0.497 e. The maximum Gasteiger partial charge on any atom is 0.497 e. The molecule has 2 saturated heterocycles. The highest BCUT2D eigenvalue weighted by atomic mass is 35.5. The lowest BCUT2D eigenvalue weighted by atomic mass is 10.00. The maximum atomic E-state index is 14.9. The third kappa shape index (κ3) is 5.81. The second-order valence-electron chi connectivity index (χ2n) is 10.0. The minimum Gasteiger partial charge on any atom is -0.369 e. The third-order valence-electron chi connectivity index (χ3n) is 7.58. The molecule has 2 aromatic heterocycles. The molecule has 9 nitrogen and oxygen atoms in total. The van der Waals surface area contributed by atoms with Crippen molar-refractivity contribution in [1.82, 2.24) is 14.3 Å². The molecule has 15 heteroatoms. The zero-order valence-corrected chi connectivity index (χ0v) is 23.0. The summed E-state index contributed by atoms with van der Waals surface area (Å²) in [4.78, 5) is 46.3. The Bertz CT molecular complexity index is 1540. The van der Waals surface area contributed by atoms with Gasteiger partial charge in [0.2, 0.25) is 0 Å². The average molecular weight is 620 g/mol. The second-order valence-corrected chi connectivity index (χ2v) is 10.8. The maximum absolute atomic E-state index is 14.9. The van der Waals surface area contributed by atoms with E-state index in [1.807, 2.05) is 0 Å². The molecule has 2 fully saturated rings. The predicted molar refractivity (Wildman–Crippen MR) is 139 cm³/mol. The van der Waals surface area contributed by atoms with Crippen LogP contribution in [0.5, 0.6) is 0 Å². The van der Waals surface area contributed by atoms with Crippen molar-refractivity contribution in [2.24, 2.45) is 0 Å². The molecule has 2 aliphatic rings. The fourth-order valence-electron chi connectivity index (χ4n) is 5.49. The molecule has 2 aliphatic heterocycles. The van der Waals surface area contributed by atoms with Crippen molar-refractivity contribution < 1.29 is 41.4 Å². The molecule has 1 aromatic carbocycles. The van der Waals surface area contributed by atoms with Gasteiger partial charge < -0.3 is 14.6 Å². The van der Waals surface area contributed by atoms with Crippen molar-refractivity contribution in [1.29, 1.82) is 0 Å². The van der Waals surface area contributed by atoms with Gasteiger partial charge in [0.1, 0.15) is 35.6 Å². The molecule has 0 unspecified atom stereocenters. The lowest BCUT2D eigenvalue weighted by molar-refractivity contribution is -1.11. The van der Waals surface area contributed by atoms with Crippen molar-refractivity contribution in [3.63, 3.8) is 0 Å². The van der Waals surface area contributed by atoms with E-state index in [1.165, 1.54) is 39.8 Å². The number of H-pyrrole nitrogens is 1. The van der Waals surface area contributed by atoms with E-state index < -0.39 is 40.1 Å². The van der Waals surface area contributed by atoms with E-state index in [1.54, 1.807) is 0 Å². The molecular weight excluding hydrogens is 595 g/mol. The summed E-state index contributed by atoms with van der Waals surface area (Å²) in [7, 11) is 0.